The Kier molecular flexibility index (Phi) is 5.38. The molecule has 2 fully saturated rings. The first-order valence-electron chi connectivity index (χ1n) is 12.7. The maximum absolute atomic E-state index is 15.8. The third-order valence-electron chi connectivity index (χ3n) is 8.33. The number of carboxylic acids is 1. The molecule has 190 valence electrons. The number of hydrogen-bond donors (Lipinski definition) is 0. The van der Waals surface area contributed by atoms with Crippen LogP contribution in [0.5, 0.6) is 0 Å². The zero-order valence-corrected chi connectivity index (χ0v) is 22.1. The Bertz CT molecular complexity index is 1520. The molecule has 2 saturated heterocycles. The summed E-state index contributed by atoms with van der Waals surface area (Å²) in [5, 5.41) is 14.2. The molecule has 0 atom stereocenters. The second kappa shape index (κ2) is 8.31. The van der Waals surface area contributed by atoms with E-state index in [4.69, 9.17) is 0 Å². The van der Waals surface area contributed by atoms with E-state index in [1.165, 1.54) is 0 Å². The molecule has 0 aromatic heterocycles. The number of fused-ring (bicyclic) bond motifs is 2. The molecule has 0 amide bonds. The van der Waals surface area contributed by atoms with Crippen molar-refractivity contribution < 1.29 is 27.6 Å². The van der Waals surface area contributed by atoms with E-state index in [2.05, 4.69) is 34.7 Å². The van der Waals surface area contributed by atoms with E-state index < -0.39 is 48.2 Å². The Hall–Kier alpha value is -3.39. The van der Waals surface area contributed by atoms with Crippen LogP contribution in [0.2, 0.25) is 13.1 Å². The number of rotatable bonds is 3. The van der Waals surface area contributed by atoms with Crippen LogP contribution in [0.1, 0.15) is 39.9 Å². The van der Waals surface area contributed by atoms with Gasteiger partial charge in [0.25, 0.3) is 0 Å². The molecule has 3 heterocycles. The van der Waals surface area contributed by atoms with Gasteiger partial charge in [0.2, 0.25) is 0 Å². The summed E-state index contributed by atoms with van der Waals surface area (Å²) in [7, 11) is -2.37. The van der Waals surface area contributed by atoms with E-state index in [1.54, 1.807) is 0 Å². The summed E-state index contributed by atoms with van der Waals surface area (Å²) >= 11 is 0. The molecule has 0 bridgehead atoms. The molecule has 0 saturated carbocycles. The predicted octanol–water partition coefficient (Wildman–Crippen LogP) is 3.61. The highest BCUT2D eigenvalue weighted by Gasteiger charge is 2.42. The van der Waals surface area contributed by atoms with Crippen LogP contribution in [-0.4, -0.2) is 50.5 Å². The summed E-state index contributed by atoms with van der Waals surface area (Å²) in [6.07, 6.45) is 8.19. The number of carbonyl (C=O) groups excluding carboxylic acids is 1. The van der Waals surface area contributed by atoms with Crippen molar-refractivity contribution in [2.75, 3.05) is 31.1 Å². The average molecular weight is 521 g/mol. The lowest BCUT2D eigenvalue weighted by Crippen LogP contribution is -2.50. The molecule has 6 rings (SSSR count). The number of hydrogen-bond acceptors (Lipinski definition) is 3. The molecule has 2 aromatic carbocycles. The van der Waals surface area contributed by atoms with Gasteiger partial charge in [-0.2, -0.15) is 0 Å². The van der Waals surface area contributed by atoms with Crippen LogP contribution in [0.25, 0.3) is 5.57 Å². The van der Waals surface area contributed by atoms with Crippen molar-refractivity contribution >= 4 is 36.2 Å². The molecule has 8 heteroatoms. The molecular formula is C29H27F3N2O2Si. The van der Waals surface area contributed by atoms with Gasteiger partial charge in [-0.25, -0.2) is 17.7 Å². The van der Waals surface area contributed by atoms with E-state index in [0.717, 1.165) is 67.7 Å². The summed E-state index contributed by atoms with van der Waals surface area (Å²) in [6.45, 7) is 9.41. The smallest absolute Gasteiger partial charge is 0.199 e. The number of carbonyl (C=O) groups is 1. The number of aromatic carboxylic acids is 1. The molecule has 0 unspecified atom stereocenters. The quantitative estimate of drug-likeness (QED) is 0.353. The van der Waals surface area contributed by atoms with Crippen molar-refractivity contribution in [1.82, 2.24) is 0 Å². The minimum Gasteiger partial charge on any atom is -0.545 e. The largest absolute Gasteiger partial charge is 0.545 e. The standard InChI is InChI=1S/C29H27F3N2O2Si/c1-16-26(30)24(25(29(35)36)28(32)27(16)31)23-19-8-6-17(33-10-4-11-33)14-21(19)37(2,3)22-15-18(7-9-20(22)23)34-12-5-13-34/h6-9,14-15H,4-5,10-13H2,1-3H3. The van der Waals surface area contributed by atoms with Gasteiger partial charge in [0.05, 0.1) is 12.4 Å². The molecule has 4 nitrogen and oxygen atoms in total. The molecule has 3 aliphatic heterocycles. The van der Waals surface area contributed by atoms with Crippen molar-refractivity contribution in [1.29, 1.82) is 0 Å². The van der Waals surface area contributed by atoms with Gasteiger partial charge in [-0.05, 0) is 58.6 Å². The van der Waals surface area contributed by atoms with Crippen LogP contribution in [0.15, 0.2) is 47.2 Å². The van der Waals surface area contributed by atoms with Gasteiger partial charge in [0.15, 0.2) is 17.3 Å². The van der Waals surface area contributed by atoms with E-state index >= 15 is 8.78 Å². The topological polar surface area (TPSA) is 46.4 Å². The van der Waals surface area contributed by atoms with E-state index in [0.29, 0.717) is 11.1 Å². The predicted molar refractivity (Wildman–Crippen MR) is 139 cm³/mol. The Labute approximate surface area is 214 Å². The minimum absolute atomic E-state index is 0.279. The third kappa shape index (κ3) is 3.41. The van der Waals surface area contributed by atoms with E-state index in [-0.39, 0.29) is 5.57 Å². The van der Waals surface area contributed by atoms with Gasteiger partial charge < -0.3 is 14.8 Å². The lowest BCUT2D eigenvalue weighted by molar-refractivity contribution is -0.582. The van der Waals surface area contributed by atoms with Crippen LogP contribution in [0.3, 0.4) is 0 Å². The maximum Gasteiger partial charge on any atom is 0.199 e. The second-order valence-electron chi connectivity index (χ2n) is 10.7. The van der Waals surface area contributed by atoms with E-state index in [9.17, 15) is 14.3 Å². The molecule has 0 radical (unpaired) electrons. The fourth-order valence-corrected chi connectivity index (χ4v) is 8.91. The molecule has 37 heavy (non-hydrogen) atoms. The normalized spacial score (nSPS) is 19.7. The van der Waals surface area contributed by atoms with Crippen molar-refractivity contribution in [2.24, 2.45) is 0 Å². The summed E-state index contributed by atoms with van der Waals surface area (Å²) in [4.78, 5) is 14.4. The first-order chi connectivity index (χ1) is 17.6. The number of benzene rings is 2. The zero-order valence-electron chi connectivity index (χ0n) is 21.1. The fraction of sp³-hybridized carbons (Fsp3) is 0.310. The fourth-order valence-electron chi connectivity index (χ4n) is 5.84. The number of anilines is 1. The minimum atomic E-state index is -2.37. The second-order valence-corrected chi connectivity index (χ2v) is 15.1. The Morgan fingerprint density at radius 1 is 1.03 bits per heavy atom. The Balaban J connectivity index is 1.72. The number of nitrogens with zero attached hydrogens (tertiary/aromatic N) is 2. The highest BCUT2D eigenvalue weighted by molar-refractivity contribution is 6.98. The van der Waals surface area contributed by atoms with Gasteiger partial charge in [0, 0.05) is 47.6 Å². The molecule has 4 aliphatic rings. The first kappa shape index (κ1) is 24.0. The highest BCUT2D eigenvalue weighted by Crippen LogP contribution is 2.44. The van der Waals surface area contributed by atoms with Crippen LogP contribution in [0, 0.1) is 24.4 Å². The molecular weight excluding hydrogens is 493 g/mol. The van der Waals surface area contributed by atoms with Crippen molar-refractivity contribution in [3.05, 3.63) is 86.9 Å². The lowest BCUT2D eigenvalue weighted by atomic mass is 9.85. The highest BCUT2D eigenvalue weighted by atomic mass is 28.3. The molecule has 2 aromatic rings. The molecule has 0 spiro atoms. The van der Waals surface area contributed by atoms with Crippen LogP contribution in [0.4, 0.5) is 18.9 Å². The van der Waals surface area contributed by atoms with Crippen LogP contribution < -0.4 is 15.2 Å². The number of carboxylic acid groups (broad SMARTS) is 1. The number of allylic oxidation sites excluding steroid dienone is 5. The van der Waals surface area contributed by atoms with Crippen LogP contribution >= 0.6 is 0 Å². The van der Waals surface area contributed by atoms with Gasteiger partial charge >= 0.3 is 0 Å². The third-order valence-corrected chi connectivity index (χ3v) is 11.8. The summed E-state index contributed by atoms with van der Waals surface area (Å²) in [5.41, 5.74) is 1.66. The van der Waals surface area contributed by atoms with Gasteiger partial charge in [-0.3, -0.25) is 0 Å². The van der Waals surface area contributed by atoms with Crippen molar-refractivity contribution in [2.45, 2.75) is 32.9 Å². The Morgan fingerprint density at radius 2 is 1.76 bits per heavy atom. The number of halogens is 3. The van der Waals surface area contributed by atoms with Gasteiger partial charge in [-0.15, -0.1) is 0 Å². The summed E-state index contributed by atoms with van der Waals surface area (Å²) in [5.74, 6) is -6.13. The van der Waals surface area contributed by atoms with Crippen LogP contribution in [-0.2, 0) is 0 Å². The summed E-state index contributed by atoms with van der Waals surface area (Å²) in [6, 6.07) is 5.96. The molecule has 0 N–H and O–H groups in total. The monoisotopic (exact) mass is 520 g/mol. The first-order valence-corrected chi connectivity index (χ1v) is 15.7. The van der Waals surface area contributed by atoms with Crippen molar-refractivity contribution in [3.8, 4) is 0 Å². The zero-order chi connectivity index (χ0) is 26.2. The van der Waals surface area contributed by atoms with Gasteiger partial charge in [0.1, 0.15) is 27.0 Å². The molecule has 1 aliphatic carbocycles. The summed E-state index contributed by atoms with van der Waals surface area (Å²) < 4.78 is 47.7. The average Bonchev–Trinajstić information content (AvgIpc) is 2.79. The lowest BCUT2D eigenvalue weighted by Gasteiger charge is -2.40. The van der Waals surface area contributed by atoms with E-state index in [1.807, 2.05) is 24.3 Å². The van der Waals surface area contributed by atoms with Crippen molar-refractivity contribution in [3.63, 3.8) is 0 Å². The van der Waals surface area contributed by atoms with Gasteiger partial charge in [-0.1, -0.05) is 19.2 Å². The Morgan fingerprint density at radius 3 is 2.35 bits per heavy atom. The SMILES string of the molecule is Cc1c(F)c(F)c(C(=O)[O-])c(C2=C3C=CC(=[N+]4CCC4)C=C3[Si](C)(C)c3cc(N4CCC4)ccc32)c1F. The maximum atomic E-state index is 15.8.